The van der Waals surface area contributed by atoms with E-state index >= 15 is 0 Å². The van der Waals surface area contributed by atoms with Crippen molar-refractivity contribution in [3.8, 4) is 0 Å². The normalized spacial score (nSPS) is 12.7. The van der Waals surface area contributed by atoms with Gasteiger partial charge < -0.3 is 10.2 Å². The number of nitrogens with one attached hydrogen (secondary N) is 1. The number of nitrogens with zero attached hydrogens (tertiary/aromatic N) is 2. The zero-order valence-corrected chi connectivity index (χ0v) is 17.6. The highest BCUT2D eigenvalue weighted by Gasteiger charge is 2.27. The molecule has 1 aliphatic rings. The van der Waals surface area contributed by atoms with Crippen LogP contribution in [-0.4, -0.2) is 23.3 Å². The third-order valence-corrected chi connectivity index (χ3v) is 6.18. The van der Waals surface area contributed by atoms with Crippen molar-refractivity contribution in [3.63, 3.8) is 0 Å². The maximum Gasteiger partial charge on any atom is 0.261 e. The van der Waals surface area contributed by atoms with Crippen molar-refractivity contribution >= 4 is 29.3 Å². The van der Waals surface area contributed by atoms with E-state index in [-0.39, 0.29) is 18.2 Å². The zero-order valence-electron chi connectivity index (χ0n) is 16.8. The Balaban J connectivity index is 1.45. The van der Waals surface area contributed by atoms with Gasteiger partial charge >= 0.3 is 0 Å². The lowest BCUT2D eigenvalue weighted by atomic mass is 10.1. The molecule has 0 atom stereocenters. The van der Waals surface area contributed by atoms with E-state index in [0.717, 1.165) is 22.6 Å². The number of pyridine rings is 1. The topological polar surface area (TPSA) is 62.3 Å². The molecule has 0 bridgehead atoms. The van der Waals surface area contributed by atoms with Crippen LogP contribution in [0.15, 0.2) is 76.8 Å². The SMILES string of the molecule is CCc1ccc(CNC(=O)CCN2C(=O)c3cccnc3Sc3ccccc32)cc1. The molecule has 2 aromatic carbocycles. The second-order valence-corrected chi connectivity index (χ2v) is 8.11. The number of amides is 2. The smallest absolute Gasteiger partial charge is 0.261 e. The van der Waals surface area contributed by atoms with Crippen LogP contribution in [0.25, 0.3) is 0 Å². The van der Waals surface area contributed by atoms with Gasteiger partial charge in [0.05, 0.1) is 11.3 Å². The summed E-state index contributed by atoms with van der Waals surface area (Å²) in [7, 11) is 0. The first kappa shape index (κ1) is 20.2. The van der Waals surface area contributed by atoms with Gasteiger partial charge in [0.15, 0.2) is 0 Å². The number of hydrogen-bond acceptors (Lipinski definition) is 4. The van der Waals surface area contributed by atoms with E-state index in [4.69, 9.17) is 0 Å². The summed E-state index contributed by atoms with van der Waals surface area (Å²) in [5, 5.41) is 3.65. The summed E-state index contributed by atoms with van der Waals surface area (Å²) in [6.07, 6.45) is 2.92. The lowest BCUT2D eigenvalue weighted by Crippen LogP contribution is -2.35. The van der Waals surface area contributed by atoms with E-state index in [2.05, 4.69) is 29.4 Å². The first-order chi connectivity index (χ1) is 14.7. The van der Waals surface area contributed by atoms with E-state index in [1.54, 1.807) is 23.2 Å². The first-order valence-corrected chi connectivity index (χ1v) is 10.9. The van der Waals surface area contributed by atoms with Crippen LogP contribution < -0.4 is 10.2 Å². The van der Waals surface area contributed by atoms with Crippen molar-refractivity contribution in [1.82, 2.24) is 10.3 Å². The highest BCUT2D eigenvalue weighted by atomic mass is 32.2. The fourth-order valence-corrected chi connectivity index (χ4v) is 4.39. The average molecular weight is 418 g/mol. The zero-order chi connectivity index (χ0) is 20.9. The molecular formula is C24H23N3O2S. The van der Waals surface area contributed by atoms with E-state index in [9.17, 15) is 9.59 Å². The second-order valence-electron chi connectivity index (χ2n) is 7.08. The summed E-state index contributed by atoms with van der Waals surface area (Å²) in [5.41, 5.74) is 3.72. The number of hydrogen-bond donors (Lipinski definition) is 1. The fourth-order valence-electron chi connectivity index (χ4n) is 3.38. The van der Waals surface area contributed by atoms with E-state index in [0.29, 0.717) is 23.7 Å². The second kappa shape index (κ2) is 9.13. The highest BCUT2D eigenvalue weighted by Crippen LogP contribution is 2.40. The minimum Gasteiger partial charge on any atom is -0.352 e. The predicted octanol–water partition coefficient (Wildman–Crippen LogP) is 4.46. The molecule has 0 aliphatic carbocycles. The van der Waals surface area contributed by atoms with Gasteiger partial charge in [-0.2, -0.15) is 0 Å². The van der Waals surface area contributed by atoms with Gasteiger partial charge in [-0.15, -0.1) is 0 Å². The van der Waals surface area contributed by atoms with Gasteiger partial charge in [-0.1, -0.05) is 55.1 Å². The van der Waals surface area contributed by atoms with Crippen LogP contribution in [0.1, 0.15) is 34.8 Å². The third-order valence-electron chi connectivity index (χ3n) is 5.09. The Hall–Kier alpha value is -3.12. The van der Waals surface area contributed by atoms with Gasteiger partial charge in [-0.05, 0) is 41.8 Å². The maximum absolute atomic E-state index is 13.2. The van der Waals surface area contributed by atoms with Crippen LogP contribution in [0, 0.1) is 0 Å². The van der Waals surface area contributed by atoms with Gasteiger partial charge in [0.1, 0.15) is 5.03 Å². The molecule has 0 radical (unpaired) electrons. The molecule has 4 rings (SSSR count). The summed E-state index contributed by atoms with van der Waals surface area (Å²) in [6, 6.07) is 19.5. The number of anilines is 1. The summed E-state index contributed by atoms with van der Waals surface area (Å²) < 4.78 is 0. The average Bonchev–Trinajstić information content (AvgIpc) is 2.90. The molecule has 3 aromatic rings. The largest absolute Gasteiger partial charge is 0.352 e. The van der Waals surface area contributed by atoms with Crippen LogP contribution in [0.3, 0.4) is 0 Å². The number of para-hydroxylation sites is 1. The van der Waals surface area contributed by atoms with Crippen molar-refractivity contribution in [3.05, 3.63) is 83.6 Å². The lowest BCUT2D eigenvalue weighted by molar-refractivity contribution is -0.121. The first-order valence-electron chi connectivity index (χ1n) is 10.0. The molecule has 1 N–H and O–H groups in total. The van der Waals surface area contributed by atoms with Gasteiger partial charge in [0, 0.05) is 30.6 Å². The van der Waals surface area contributed by atoms with Crippen LogP contribution in [0.2, 0.25) is 0 Å². The minimum absolute atomic E-state index is 0.0804. The number of fused-ring (bicyclic) bond motifs is 2. The van der Waals surface area contributed by atoms with Gasteiger partial charge in [0.2, 0.25) is 5.91 Å². The minimum atomic E-state index is -0.126. The number of carbonyl (C=O) groups is 2. The van der Waals surface area contributed by atoms with Crippen LogP contribution in [0.5, 0.6) is 0 Å². The van der Waals surface area contributed by atoms with Gasteiger partial charge in [0.25, 0.3) is 5.91 Å². The van der Waals surface area contributed by atoms with Gasteiger partial charge in [-0.25, -0.2) is 4.98 Å². The molecule has 2 amide bonds. The quantitative estimate of drug-likeness (QED) is 0.643. The Bertz CT molecular complexity index is 1070. The molecule has 0 unspecified atom stereocenters. The van der Waals surface area contributed by atoms with Crippen LogP contribution in [0.4, 0.5) is 5.69 Å². The maximum atomic E-state index is 13.2. The molecule has 5 nitrogen and oxygen atoms in total. The summed E-state index contributed by atoms with van der Waals surface area (Å²) in [4.78, 5) is 32.7. The number of carbonyl (C=O) groups excluding carboxylic acids is 2. The van der Waals surface area contributed by atoms with Crippen molar-refractivity contribution < 1.29 is 9.59 Å². The lowest BCUT2D eigenvalue weighted by Gasteiger charge is -2.22. The number of benzene rings is 2. The Kier molecular flexibility index (Phi) is 6.14. The van der Waals surface area contributed by atoms with E-state index in [1.807, 2.05) is 36.4 Å². The van der Waals surface area contributed by atoms with E-state index < -0.39 is 0 Å². The number of rotatable bonds is 6. The van der Waals surface area contributed by atoms with E-state index in [1.165, 1.54) is 17.3 Å². The predicted molar refractivity (Wildman–Crippen MR) is 119 cm³/mol. The molecule has 2 heterocycles. The molecule has 0 spiro atoms. The standard InChI is InChI=1S/C24H23N3O2S/c1-2-17-9-11-18(12-10-17)16-26-22(28)13-15-27-20-7-3-4-8-21(20)30-23-19(24(27)29)6-5-14-25-23/h3-12,14H,2,13,15-16H2,1H3,(H,26,28). The summed E-state index contributed by atoms with van der Waals surface area (Å²) in [6.45, 7) is 2.91. The third kappa shape index (κ3) is 4.39. The van der Waals surface area contributed by atoms with Crippen molar-refractivity contribution in [2.45, 2.75) is 36.2 Å². The molecule has 0 fully saturated rings. The summed E-state index contributed by atoms with van der Waals surface area (Å²) in [5.74, 6) is -0.207. The molecule has 6 heteroatoms. The molecule has 0 saturated carbocycles. The monoisotopic (exact) mass is 417 g/mol. The Labute approximate surface area is 180 Å². The highest BCUT2D eigenvalue weighted by molar-refractivity contribution is 7.99. The molecule has 1 aliphatic heterocycles. The van der Waals surface area contributed by atoms with Crippen molar-refractivity contribution in [2.75, 3.05) is 11.4 Å². The molecule has 1 aromatic heterocycles. The molecular weight excluding hydrogens is 394 g/mol. The van der Waals surface area contributed by atoms with Crippen LogP contribution >= 0.6 is 11.8 Å². The Morgan fingerprint density at radius 1 is 1.03 bits per heavy atom. The Morgan fingerprint density at radius 3 is 2.60 bits per heavy atom. The Morgan fingerprint density at radius 2 is 1.80 bits per heavy atom. The van der Waals surface area contributed by atoms with Crippen molar-refractivity contribution in [1.29, 1.82) is 0 Å². The molecule has 152 valence electrons. The molecule has 30 heavy (non-hydrogen) atoms. The van der Waals surface area contributed by atoms with Gasteiger partial charge in [-0.3, -0.25) is 9.59 Å². The number of aromatic nitrogens is 1. The van der Waals surface area contributed by atoms with Crippen LogP contribution in [-0.2, 0) is 17.8 Å². The summed E-state index contributed by atoms with van der Waals surface area (Å²) >= 11 is 1.48. The number of aryl methyl sites for hydroxylation is 1. The van der Waals surface area contributed by atoms with Crippen molar-refractivity contribution in [2.24, 2.45) is 0 Å². The molecule has 0 saturated heterocycles. The fraction of sp³-hybridized carbons (Fsp3) is 0.208.